The molecule has 1 fully saturated rings. The molecule has 1 aliphatic heterocycles. The van der Waals surface area contributed by atoms with Crippen molar-refractivity contribution in [3.8, 4) is 0 Å². The summed E-state index contributed by atoms with van der Waals surface area (Å²) in [5.41, 5.74) is 5.14. The highest BCUT2D eigenvalue weighted by atomic mass is 16.4. The number of hydrogen-bond donors (Lipinski definition) is 3. The molecule has 0 aromatic heterocycles. The van der Waals surface area contributed by atoms with Crippen molar-refractivity contribution in [2.75, 3.05) is 13.1 Å². The first-order valence-electron chi connectivity index (χ1n) is 4.14. The molecule has 1 unspecified atom stereocenters. The SMILES string of the molecule is NCC1C(=CO)C(=O)C(=O)N1CC(=O)O. The zero-order valence-corrected chi connectivity index (χ0v) is 7.71. The summed E-state index contributed by atoms with van der Waals surface area (Å²) in [7, 11) is 0. The molecule has 1 saturated heterocycles. The third-order valence-electron chi connectivity index (χ3n) is 2.12. The van der Waals surface area contributed by atoms with Gasteiger partial charge in [0.2, 0.25) is 0 Å². The molecule has 7 heteroatoms. The Morgan fingerprint density at radius 3 is 2.53 bits per heavy atom. The first kappa shape index (κ1) is 11.2. The average molecular weight is 214 g/mol. The fraction of sp³-hybridized carbons (Fsp3) is 0.375. The summed E-state index contributed by atoms with van der Waals surface area (Å²) in [4.78, 5) is 33.8. The van der Waals surface area contributed by atoms with E-state index < -0.39 is 30.2 Å². The molecular formula is C8H10N2O5. The second-order valence-electron chi connectivity index (χ2n) is 2.99. The number of carboxylic acids is 1. The predicted molar refractivity (Wildman–Crippen MR) is 47.9 cm³/mol. The van der Waals surface area contributed by atoms with E-state index >= 15 is 0 Å². The normalized spacial score (nSPS) is 23.9. The van der Waals surface area contributed by atoms with E-state index in [4.69, 9.17) is 15.9 Å². The van der Waals surface area contributed by atoms with Crippen LogP contribution >= 0.6 is 0 Å². The van der Waals surface area contributed by atoms with Crippen LogP contribution in [0.5, 0.6) is 0 Å². The maximum Gasteiger partial charge on any atom is 0.323 e. The summed E-state index contributed by atoms with van der Waals surface area (Å²) in [6, 6.07) is -0.855. The number of amides is 1. The molecule has 15 heavy (non-hydrogen) atoms. The zero-order chi connectivity index (χ0) is 11.6. The number of carbonyl (C=O) groups is 3. The van der Waals surface area contributed by atoms with Gasteiger partial charge in [-0.25, -0.2) is 0 Å². The summed E-state index contributed by atoms with van der Waals surface area (Å²) in [5.74, 6) is -3.10. The van der Waals surface area contributed by atoms with Crippen LogP contribution in [0.1, 0.15) is 0 Å². The van der Waals surface area contributed by atoms with Gasteiger partial charge in [0.25, 0.3) is 11.7 Å². The van der Waals surface area contributed by atoms with E-state index in [1.54, 1.807) is 0 Å². The van der Waals surface area contributed by atoms with Gasteiger partial charge in [-0.2, -0.15) is 0 Å². The standard InChI is InChI=1S/C8H10N2O5/c9-1-5-4(3-11)7(14)8(15)10(5)2-6(12)13/h3,5,11H,1-2,9H2,(H,12,13). The summed E-state index contributed by atoms with van der Waals surface area (Å²) in [6.07, 6.45) is 0.500. The van der Waals surface area contributed by atoms with Crippen LogP contribution in [0.25, 0.3) is 0 Å². The fourth-order valence-corrected chi connectivity index (χ4v) is 1.44. The van der Waals surface area contributed by atoms with Crippen LogP contribution < -0.4 is 5.73 Å². The number of nitrogens with two attached hydrogens (primary N) is 1. The number of Topliss-reactive ketones (excluding diaryl/α,β-unsaturated/α-hetero) is 1. The van der Waals surface area contributed by atoms with E-state index in [1.165, 1.54) is 0 Å². The summed E-state index contributed by atoms with van der Waals surface area (Å²) in [6.45, 7) is -0.721. The highest BCUT2D eigenvalue weighted by Gasteiger charge is 2.43. The van der Waals surface area contributed by atoms with Crippen molar-refractivity contribution in [3.05, 3.63) is 11.8 Å². The molecule has 0 aromatic rings. The molecule has 0 aliphatic carbocycles. The molecule has 0 bridgehead atoms. The Morgan fingerprint density at radius 2 is 2.13 bits per heavy atom. The molecule has 7 nitrogen and oxygen atoms in total. The van der Waals surface area contributed by atoms with E-state index in [0.29, 0.717) is 6.26 Å². The minimum Gasteiger partial charge on any atom is -0.515 e. The van der Waals surface area contributed by atoms with Gasteiger partial charge in [0.05, 0.1) is 17.9 Å². The minimum absolute atomic E-state index is 0.114. The summed E-state index contributed by atoms with van der Waals surface area (Å²) in [5, 5.41) is 17.3. The van der Waals surface area contributed by atoms with Crippen molar-refractivity contribution in [2.45, 2.75) is 6.04 Å². The van der Waals surface area contributed by atoms with E-state index in [-0.39, 0.29) is 12.1 Å². The van der Waals surface area contributed by atoms with Gasteiger partial charge in [-0.3, -0.25) is 14.4 Å². The topological polar surface area (TPSA) is 121 Å². The second-order valence-corrected chi connectivity index (χ2v) is 2.99. The molecule has 0 aromatic carbocycles. The third kappa shape index (κ3) is 1.82. The van der Waals surface area contributed by atoms with Crippen molar-refractivity contribution < 1.29 is 24.6 Å². The van der Waals surface area contributed by atoms with E-state index in [9.17, 15) is 14.4 Å². The molecule has 4 N–H and O–H groups in total. The van der Waals surface area contributed by atoms with E-state index in [0.717, 1.165) is 4.90 Å². The largest absolute Gasteiger partial charge is 0.515 e. The number of aliphatic hydroxyl groups excluding tert-OH is 1. The second kappa shape index (κ2) is 4.09. The number of hydrogen-bond acceptors (Lipinski definition) is 5. The molecule has 0 spiro atoms. The Balaban J connectivity index is 3.01. The van der Waals surface area contributed by atoms with Crippen molar-refractivity contribution in [2.24, 2.45) is 5.73 Å². The molecule has 1 rings (SSSR count). The van der Waals surface area contributed by atoms with Crippen LogP contribution in [-0.4, -0.2) is 51.9 Å². The highest BCUT2D eigenvalue weighted by molar-refractivity contribution is 6.45. The first-order chi connectivity index (χ1) is 7.02. The molecule has 82 valence electrons. The third-order valence-corrected chi connectivity index (χ3v) is 2.12. The van der Waals surface area contributed by atoms with Crippen LogP contribution in [0.15, 0.2) is 11.8 Å². The molecule has 1 amide bonds. The average Bonchev–Trinajstić information content (AvgIpc) is 2.41. The Labute approximate surface area is 84.8 Å². The number of likely N-dealkylation sites (tertiary alicyclic amines) is 1. The number of carboxylic acid groups (broad SMARTS) is 1. The number of ketones is 1. The van der Waals surface area contributed by atoms with E-state index in [2.05, 4.69) is 0 Å². The molecule has 1 aliphatic rings. The van der Waals surface area contributed by atoms with Crippen molar-refractivity contribution in [3.63, 3.8) is 0 Å². The Kier molecular flexibility index (Phi) is 3.05. The van der Waals surface area contributed by atoms with E-state index in [1.807, 2.05) is 0 Å². The smallest absolute Gasteiger partial charge is 0.323 e. The summed E-state index contributed by atoms with van der Waals surface area (Å²) < 4.78 is 0. The van der Waals surface area contributed by atoms with Crippen molar-refractivity contribution in [1.29, 1.82) is 0 Å². The first-order valence-corrected chi connectivity index (χ1v) is 4.14. The van der Waals surface area contributed by atoms with Crippen LogP contribution in [-0.2, 0) is 14.4 Å². The maximum atomic E-state index is 11.3. The van der Waals surface area contributed by atoms with Crippen LogP contribution in [0.4, 0.5) is 0 Å². The summed E-state index contributed by atoms with van der Waals surface area (Å²) >= 11 is 0. The van der Waals surface area contributed by atoms with Gasteiger partial charge < -0.3 is 20.8 Å². The van der Waals surface area contributed by atoms with Crippen LogP contribution in [0, 0.1) is 0 Å². The lowest BCUT2D eigenvalue weighted by Gasteiger charge is -2.20. The van der Waals surface area contributed by atoms with Gasteiger partial charge in [-0.15, -0.1) is 0 Å². The number of nitrogens with zero attached hydrogens (tertiary/aromatic N) is 1. The molecule has 0 radical (unpaired) electrons. The lowest BCUT2D eigenvalue weighted by Crippen LogP contribution is -2.42. The van der Waals surface area contributed by atoms with Gasteiger partial charge in [0, 0.05) is 6.54 Å². The van der Waals surface area contributed by atoms with Crippen LogP contribution in [0.2, 0.25) is 0 Å². The lowest BCUT2D eigenvalue weighted by atomic mass is 10.1. The Hall–Kier alpha value is -1.89. The zero-order valence-electron chi connectivity index (χ0n) is 7.71. The predicted octanol–water partition coefficient (Wildman–Crippen LogP) is -1.75. The Morgan fingerprint density at radius 1 is 1.53 bits per heavy atom. The Bertz CT molecular complexity index is 349. The number of rotatable bonds is 3. The van der Waals surface area contributed by atoms with Crippen LogP contribution in [0.3, 0.4) is 0 Å². The molecule has 1 atom stereocenters. The van der Waals surface area contributed by atoms with Gasteiger partial charge in [0.1, 0.15) is 6.54 Å². The fourth-order valence-electron chi connectivity index (χ4n) is 1.44. The lowest BCUT2D eigenvalue weighted by molar-refractivity contribution is -0.146. The minimum atomic E-state index is -1.24. The van der Waals surface area contributed by atoms with Gasteiger partial charge in [-0.05, 0) is 0 Å². The number of aliphatic hydroxyl groups is 1. The maximum absolute atomic E-state index is 11.3. The molecule has 1 heterocycles. The van der Waals surface area contributed by atoms with Crippen molar-refractivity contribution in [1.82, 2.24) is 4.90 Å². The number of carbonyl (C=O) groups excluding carboxylic acids is 2. The van der Waals surface area contributed by atoms with Gasteiger partial charge in [-0.1, -0.05) is 0 Å². The molecule has 0 saturated carbocycles. The monoisotopic (exact) mass is 214 g/mol. The quantitative estimate of drug-likeness (QED) is 0.291. The van der Waals surface area contributed by atoms with Gasteiger partial charge >= 0.3 is 5.97 Å². The number of aliphatic carboxylic acids is 1. The van der Waals surface area contributed by atoms with Crippen molar-refractivity contribution >= 4 is 17.7 Å². The van der Waals surface area contributed by atoms with Gasteiger partial charge in [0.15, 0.2) is 0 Å². The molecular weight excluding hydrogens is 204 g/mol. The highest BCUT2D eigenvalue weighted by Crippen LogP contribution is 2.20.